The molecule has 0 N–H and O–H groups in total. The minimum absolute atomic E-state index is 0.0375. The van der Waals surface area contributed by atoms with E-state index in [9.17, 15) is 16.8 Å². The average Bonchev–Trinajstić information content (AvgIpc) is 3.29. The molecule has 1 atom stereocenters. The molecule has 3 aromatic rings. The number of fused-ring (bicyclic) bond motifs is 1. The summed E-state index contributed by atoms with van der Waals surface area (Å²) in [4.78, 5) is 0.140. The molecule has 1 aliphatic heterocycles. The Hall–Kier alpha value is -2.58. The molecule has 2 heterocycles. The predicted octanol–water partition coefficient (Wildman–Crippen LogP) is 2.87. The number of ether oxygens (including phenoxy) is 1. The van der Waals surface area contributed by atoms with Crippen LogP contribution in [0.1, 0.15) is 10.8 Å². The fraction of sp³-hybridized carbons (Fsp3) is 0.200. The number of rotatable bonds is 6. The monoisotopic (exact) mass is 417 g/mol. The maximum Gasteiger partial charge on any atom is 0.186 e. The van der Waals surface area contributed by atoms with Crippen LogP contribution in [0.3, 0.4) is 0 Å². The second kappa shape index (κ2) is 7.10. The molecule has 0 aliphatic carbocycles. The van der Waals surface area contributed by atoms with Crippen LogP contribution in [0.25, 0.3) is 0 Å². The predicted molar refractivity (Wildman–Crippen MR) is 105 cm³/mol. The summed E-state index contributed by atoms with van der Waals surface area (Å²) in [7, 11) is -7.58. The fourth-order valence-corrected chi connectivity index (χ4v) is 7.77. The Kier molecular flexibility index (Phi) is 4.76. The highest BCUT2D eigenvalue weighted by Gasteiger charge is 2.45. The summed E-state index contributed by atoms with van der Waals surface area (Å²) in [6, 6.07) is 16.4. The summed E-state index contributed by atoms with van der Waals surface area (Å²) in [5.41, 5.74) is 0.235. The summed E-state index contributed by atoms with van der Waals surface area (Å²) < 4.78 is 59.4. The number of sulfone groups is 2. The van der Waals surface area contributed by atoms with Crippen molar-refractivity contribution in [1.82, 2.24) is 4.57 Å². The average molecular weight is 418 g/mol. The standard InChI is InChI=1S/C20H19NO5S2/c22-27(23)15-19(28(24,25)16-7-2-1-3-8-16)20-17(9-6-10-18(20)27)26-14-13-21-11-4-5-12-21/h1-12,19H,13-15H2. The summed E-state index contributed by atoms with van der Waals surface area (Å²) in [5, 5.41) is -1.18. The molecule has 0 fully saturated rings. The van der Waals surface area contributed by atoms with Gasteiger partial charge >= 0.3 is 0 Å². The first-order chi connectivity index (χ1) is 13.4. The number of benzene rings is 2. The van der Waals surface area contributed by atoms with E-state index in [1.165, 1.54) is 18.2 Å². The normalized spacial score (nSPS) is 17.9. The van der Waals surface area contributed by atoms with Gasteiger partial charge in [0, 0.05) is 18.0 Å². The van der Waals surface area contributed by atoms with E-state index in [1.54, 1.807) is 30.3 Å². The molecule has 8 heteroatoms. The number of hydrogen-bond acceptors (Lipinski definition) is 5. The molecule has 0 radical (unpaired) electrons. The van der Waals surface area contributed by atoms with E-state index in [1.807, 2.05) is 29.1 Å². The smallest absolute Gasteiger partial charge is 0.186 e. The lowest BCUT2D eigenvalue weighted by Crippen LogP contribution is -2.17. The van der Waals surface area contributed by atoms with Gasteiger partial charge in [0.2, 0.25) is 0 Å². The molecular formula is C20H19NO5S2. The summed E-state index contributed by atoms with van der Waals surface area (Å²) in [5.74, 6) is -0.174. The van der Waals surface area contributed by atoms with Gasteiger partial charge in [0.1, 0.15) is 17.6 Å². The summed E-state index contributed by atoms with van der Waals surface area (Å²) >= 11 is 0. The van der Waals surface area contributed by atoms with Crippen LogP contribution in [-0.4, -0.2) is 33.8 Å². The highest BCUT2D eigenvalue weighted by molar-refractivity contribution is 7.96. The second-order valence-corrected chi connectivity index (χ2v) is 10.7. The third kappa shape index (κ3) is 3.33. The Balaban J connectivity index is 1.72. The fourth-order valence-electron chi connectivity index (χ4n) is 3.41. The zero-order valence-corrected chi connectivity index (χ0v) is 16.6. The van der Waals surface area contributed by atoms with Gasteiger partial charge in [-0.15, -0.1) is 0 Å². The van der Waals surface area contributed by atoms with Crippen LogP contribution in [0.15, 0.2) is 82.8 Å². The van der Waals surface area contributed by atoms with Gasteiger partial charge in [0.25, 0.3) is 0 Å². The molecule has 146 valence electrons. The Morgan fingerprint density at radius 3 is 2.39 bits per heavy atom. The number of nitrogens with zero attached hydrogens (tertiary/aromatic N) is 1. The Morgan fingerprint density at radius 2 is 1.68 bits per heavy atom. The van der Waals surface area contributed by atoms with Crippen molar-refractivity contribution in [1.29, 1.82) is 0 Å². The number of hydrogen-bond donors (Lipinski definition) is 0. The first kappa shape index (κ1) is 18.8. The van der Waals surface area contributed by atoms with Crippen LogP contribution in [0.5, 0.6) is 5.75 Å². The first-order valence-corrected chi connectivity index (χ1v) is 12.0. The molecule has 1 aliphatic rings. The zero-order chi connectivity index (χ0) is 19.8. The topological polar surface area (TPSA) is 82.4 Å². The first-order valence-electron chi connectivity index (χ1n) is 8.78. The lowest BCUT2D eigenvalue weighted by Gasteiger charge is -2.16. The van der Waals surface area contributed by atoms with Crippen molar-refractivity contribution in [3.8, 4) is 5.75 Å². The van der Waals surface area contributed by atoms with E-state index >= 15 is 0 Å². The van der Waals surface area contributed by atoms with Gasteiger partial charge in [-0.2, -0.15) is 0 Å². The highest BCUT2D eigenvalue weighted by atomic mass is 32.2. The van der Waals surface area contributed by atoms with Crippen molar-refractivity contribution >= 4 is 19.7 Å². The van der Waals surface area contributed by atoms with E-state index < -0.39 is 30.7 Å². The van der Waals surface area contributed by atoms with Gasteiger partial charge in [-0.05, 0) is 36.4 Å². The van der Waals surface area contributed by atoms with Crippen LogP contribution in [-0.2, 0) is 26.2 Å². The molecule has 0 amide bonds. The molecule has 28 heavy (non-hydrogen) atoms. The maximum absolute atomic E-state index is 13.2. The van der Waals surface area contributed by atoms with E-state index in [-0.39, 0.29) is 15.4 Å². The van der Waals surface area contributed by atoms with Gasteiger partial charge < -0.3 is 9.30 Å². The van der Waals surface area contributed by atoms with Crippen LogP contribution >= 0.6 is 0 Å². The largest absolute Gasteiger partial charge is 0.491 e. The number of aromatic nitrogens is 1. The van der Waals surface area contributed by atoms with E-state index in [0.29, 0.717) is 18.9 Å². The van der Waals surface area contributed by atoms with Crippen molar-refractivity contribution in [2.75, 3.05) is 12.4 Å². The van der Waals surface area contributed by atoms with Gasteiger partial charge in [-0.25, -0.2) is 16.8 Å². The Labute approximate surface area is 164 Å². The minimum Gasteiger partial charge on any atom is -0.491 e. The Morgan fingerprint density at radius 1 is 0.964 bits per heavy atom. The molecule has 2 aromatic carbocycles. The van der Waals surface area contributed by atoms with E-state index in [2.05, 4.69) is 0 Å². The van der Waals surface area contributed by atoms with Gasteiger partial charge in [-0.1, -0.05) is 24.3 Å². The SMILES string of the molecule is O=S1(=O)CC(S(=O)(=O)c2ccccc2)c2c(OCCn3cccc3)cccc21. The van der Waals surface area contributed by atoms with Crippen LogP contribution in [0.2, 0.25) is 0 Å². The van der Waals surface area contributed by atoms with Crippen molar-refractivity contribution < 1.29 is 21.6 Å². The third-order valence-electron chi connectivity index (χ3n) is 4.77. The van der Waals surface area contributed by atoms with E-state index in [4.69, 9.17) is 4.74 Å². The van der Waals surface area contributed by atoms with Crippen LogP contribution in [0, 0.1) is 0 Å². The highest BCUT2D eigenvalue weighted by Crippen LogP contribution is 2.45. The summed E-state index contributed by atoms with van der Waals surface area (Å²) in [6.45, 7) is 0.864. The Bertz CT molecular complexity index is 1180. The third-order valence-corrected chi connectivity index (χ3v) is 8.86. The lowest BCUT2D eigenvalue weighted by atomic mass is 10.1. The van der Waals surface area contributed by atoms with Crippen LogP contribution < -0.4 is 4.74 Å². The molecule has 4 rings (SSSR count). The molecule has 0 bridgehead atoms. The molecule has 0 saturated carbocycles. The minimum atomic E-state index is -3.88. The second-order valence-electron chi connectivity index (χ2n) is 6.57. The lowest BCUT2D eigenvalue weighted by molar-refractivity contribution is 0.295. The zero-order valence-electron chi connectivity index (χ0n) is 14.9. The molecule has 1 unspecified atom stereocenters. The van der Waals surface area contributed by atoms with Crippen molar-refractivity contribution in [3.63, 3.8) is 0 Å². The van der Waals surface area contributed by atoms with Crippen LogP contribution in [0.4, 0.5) is 0 Å². The molecule has 1 aromatic heterocycles. The molecule has 6 nitrogen and oxygen atoms in total. The maximum atomic E-state index is 13.2. The van der Waals surface area contributed by atoms with Gasteiger partial charge in [-0.3, -0.25) is 0 Å². The van der Waals surface area contributed by atoms with Gasteiger partial charge in [0.05, 0.1) is 22.1 Å². The van der Waals surface area contributed by atoms with Crippen molar-refractivity contribution in [2.24, 2.45) is 0 Å². The summed E-state index contributed by atoms with van der Waals surface area (Å²) in [6.07, 6.45) is 3.79. The van der Waals surface area contributed by atoms with Crippen molar-refractivity contribution in [3.05, 3.63) is 78.6 Å². The quantitative estimate of drug-likeness (QED) is 0.616. The molecular weight excluding hydrogens is 398 g/mol. The molecule has 0 spiro atoms. The van der Waals surface area contributed by atoms with Crippen molar-refractivity contribution in [2.45, 2.75) is 21.6 Å². The van der Waals surface area contributed by atoms with E-state index in [0.717, 1.165) is 0 Å². The van der Waals surface area contributed by atoms with Gasteiger partial charge in [0.15, 0.2) is 19.7 Å². The molecule has 0 saturated heterocycles.